The fraction of sp³-hybridized carbons (Fsp3) is 0.909. The summed E-state index contributed by atoms with van der Waals surface area (Å²) in [5.41, 5.74) is 11.2. The molecule has 5 unspecified atom stereocenters. The van der Waals surface area contributed by atoms with Crippen LogP contribution in [0.2, 0.25) is 0 Å². The predicted molar refractivity (Wildman–Crippen MR) is 120 cm³/mol. The van der Waals surface area contributed by atoms with Gasteiger partial charge in [0.15, 0.2) is 0 Å². The molecule has 29 heavy (non-hydrogen) atoms. The maximum absolute atomic E-state index is 6.82. The summed E-state index contributed by atoms with van der Waals surface area (Å²) < 4.78 is 5.45. The summed E-state index contributed by atoms with van der Waals surface area (Å²) in [6.07, 6.45) is 15.3. The number of halogens is 1. The molecule has 0 aromatic heterocycles. The quantitative estimate of drug-likeness (QED) is 0.128. The van der Waals surface area contributed by atoms with Crippen molar-refractivity contribution in [2.45, 2.75) is 100 Å². The molecule has 0 bridgehead atoms. The molecule has 7 N–H and O–H groups in total. The third-order valence-electron chi connectivity index (χ3n) is 7.43. The number of methoxy groups -OCH3 is 1. The van der Waals surface area contributed by atoms with E-state index in [1.165, 1.54) is 44.1 Å². The number of hydrazine groups is 1. The van der Waals surface area contributed by atoms with E-state index in [9.17, 15) is 0 Å². The standard InChI is InChI=1S/C22H42ClN5O/c1-29-18-12-6-15(7-13-18)14-26-22(28-25)27-20-5-3-2-4-19(20)21(24)16-8-10-17(23)11-9-16/h6,16-22,26-28H,2-5,7-14,24-25H2,1H3. The fourth-order valence-electron chi connectivity index (χ4n) is 5.49. The third-order valence-corrected chi connectivity index (χ3v) is 7.87. The number of rotatable bonds is 9. The molecule has 0 heterocycles. The van der Waals surface area contributed by atoms with Gasteiger partial charge in [0.25, 0.3) is 0 Å². The molecule has 0 radical (unpaired) electrons. The van der Waals surface area contributed by atoms with Gasteiger partial charge in [0.1, 0.15) is 6.29 Å². The van der Waals surface area contributed by atoms with E-state index in [0.717, 1.165) is 38.6 Å². The zero-order chi connectivity index (χ0) is 20.6. The van der Waals surface area contributed by atoms with E-state index in [-0.39, 0.29) is 12.3 Å². The fourth-order valence-corrected chi connectivity index (χ4v) is 5.74. The second kappa shape index (κ2) is 12.0. The van der Waals surface area contributed by atoms with Crippen LogP contribution in [0.25, 0.3) is 0 Å². The van der Waals surface area contributed by atoms with Crippen molar-refractivity contribution < 1.29 is 4.74 Å². The first-order valence-electron chi connectivity index (χ1n) is 11.7. The van der Waals surface area contributed by atoms with Crippen LogP contribution in [-0.4, -0.2) is 43.5 Å². The molecule has 0 aromatic carbocycles. The molecule has 0 aliphatic heterocycles. The average molecular weight is 428 g/mol. The Bertz CT molecular complexity index is 511. The Kier molecular flexibility index (Phi) is 9.69. The minimum Gasteiger partial charge on any atom is -0.381 e. The third kappa shape index (κ3) is 6.89. The first-order chi connectivity index (χ1) is 14.1. The molecule has 3 aliphatic carbocycles. The highest BCUT2D eigenvalue weighted by molar-refractivity contribution is 6.20. The molecular weight excluding hydrogens is 386 g/mol. The van der Waals surface area contributed by atoms with Crippen LogP contribution >= 0.6 is 11.6 Å². The number of ether oxygens (including phenoxy) is 1. The highest BCUT2D eigenvalue weighted by Gasteiger charge is 2.36. The molecule has 7 heteroatoms. The van der Waals surface area contributed by atoms with Gasteiger partial charge in [-0.15, -0.1) is 11.6 Å². The maximum atomic E-state index is 6.82. The van der Waals surface area contributed by atoms with Crippen molar-refractivity contribution in [3.63, 3.8) is 0 Å². The molecule has 5 atom stereocenters. The highest BCUT2D eigenvalue weighted by atomic mass is 35.5. The smallest absolute Gasteiger partial charge is 0.124 e. The van der Waals surface area contributed by atoms with Gasteiger partial charge in [0, 0.05) is 31.1 Å². The van der Waals surface area contributed by atoms with E-state index >= 15 is 0 Å². The first kappa shape index (κ1) is 23.5. The van der Waals surface area contributed by atoms with Gasteiger partial charge < -0.3 is 10.5 Å². The van der Waals surface area contributed by atoms with E-state index in [4.69, 9.17) is 27.9 Å². The molecule has 3 aliphatic rings. The number of alkyl halides is 1. The van der Waals surface area contributed by atoms with Crippen LogP contribution in [-0.2, 0) is 4.74 Å². The van der Waals surface area contributed by atoms with Crippen LogP contribution in [0.1, 0.15) is 70.6 Å². The Labute approximate surface area is 181 Å². The summed E-state index contributed by atoms with van der Waals surface area (Å²) >= 11 is 6.31. The van der Waals surface area contributed by atoms with Crippen molar-refractivity contribution in [3.8, 4) is 0 Å². The molecule has 6 nitrogen and oxygen atoms in total. The van der Waals surface area contributed by atoms with Crippen LogP contribution in [0.4, 0.5) is 0 Å². The van der Waals surface area contributed by atoms with Crippen LogP contribution in [0.15, 0.2) is 11.6 Å². The molecule has 2 fully saturated rings. The van der Waals surface area contributed by atoms with E-state index < -0.39 is 0 Å². The maximum Gasteiger partial charge on any atom is 0.124 e. The first-order valence-corrected chi connectivity index (χ1v) is 12.1. The van der Waals surface area contributed by atoms with E-state index in [1.807, 2.05) is 0 Å². The van der Waals surface area contributed by atoms with Crippen molar-refractivity contribution in [1.82, 2.24) is 16.1 Å². The minimum atomic E-state index is -0.104. The number of hydrogen-bond acceptors (Lipinski definition) is 6. The molecule has 0 spiro atoms. The summed E-state index contributed by atoms with van der Waals surface area (Å²) in [5, 5.41) is 7.64. The van der Waals surface area contributed by atoms with Gasteiger partial charge in [0.05, 0.1) is 6.10 Å². The Morgan fingerprint density at radius 2 is 1.90 bits per heavy atom. The summed E-state index contributed by atoms with van der Waals surface area (Å²) in [6.45, 7) is 0.849. The molecule has 2 saturated carbocycles. The summed E-state index contributed by atoms with van der Waals surface area (Å²) in [5.74, 6) is 6.98. The number of nitrogens with two attached hydrogens (primary N) is 2. The summed E-state index contributed by atoms with van der Waals surface area (Å²) in [6, 6.07) is 0.654. The zero-order valence-corrected chi connectivity index (χ0v) is 18.8. The van der Waals surface area contributed by atoms with Crippen LogP contribution in [0.3, 0.4) is 0 Å². The second-order valence-corrected chi connectivity index (χ2v) is 9.90. The number of nitrogens with one attached hydrogen (secondary N) is 3. The lowest BCUT2D eigenvalue weighted by molar-refractivity contribution is 0.0936. The minimum absolute atomic E-state index is 0.104. The van der Waals surface area contributed by atoms with E-state index in [0.29, 0.717) is 29.4 Å². The monoisotopic (exact) mass is 427 g/mol. The number of hydrogen-bond donors (Lipinski definition) is 5. The van der Waals surface area contributed by atoms with Gasteiger partial charge >= 0.3 is 0 Å². The van der Waals surface area contributed by atoms with Gasteiger partial charge in [-0.25, -0.2) is 5.43 Å². The van der Waals surface area contributed by atoms with E-state index in [2.05, 4.69) is 22.1 Å². The largest absolute Gasteiger partial charge is 0.381 e. The van der Waals surface area contributed by atoms with Crippen molar-refractivity contribution >= 4 is 11.6 Å². The lowest BCUT2D eigenvalue weighted by Crippen LogP contribution is -2.62. The van der Waals surface area contributed by atoms with E-state index in [1.54, 1.807) is 7.11 Å². The van der Waals surface area contributed by atoms with Crippen molar-refractivity contribution in [3.05, 3.63) is 11.6 Å². The lowest BCUT2D eigenvalue weighted by Gasteiger charge is -2.42. The van der Waals surface area contributed by atoms with Gasteiger partial charge in [-0.3, -0.25) is 16.5 Å². The zero-order valence-electron chi connectivity index (χ0n) is 18.0. The molecular formula is C22H42ClN5O. The molecule has 168 valence electrons. The van der Waals surface area contributed by atoms with Gasteiger partial charge in [0.2, 0.25) is 0 Å². The Hall–Kier alpha value is -0.210. The second-order valence-electron chi connectivity index (χ2n) is 9.29. The SMILES string of the molecule is COC1CC=C(CNC(NN)NC2CCCCC2C(N)C2CCC(Cl)CC2)CC1. The van der Waals surface area contributed by atoms with Gasteiger partial charge in [-0.1, -0.05) is 24.5 Å². The molecule has 3 rings (SSSR count). The van der Waals surface area contributed by atoms with Crippen LogP contribution < -0.4 is 27.6 Å². The van der Waals surface area contributed by atoms with Crippen molar-refractivity contribution in [2.24, 2.45) is 23.4 Å². The molecule has 0 amide bonds. The van der Waals surface area contributed by atoms with Crippen molar-refractivity contribution in [2.75, 3.05) is 13.7 Å². The lowest BCUT2D eigenvalue weighted by atomic mass is 9.72. The van der Waals surface area contributed by atoms with Gasteiger partial charge in [-0.2, -0.15) is 0 Å². The predicted octanol–water partition coefficient (Wildman–Crippen LogP) is 2.72. The molecule has 0 aromatic rings. The Balaban J connectivity index is 1.50. The normalized spacial score (nSPS) is 35.7. The summed E-state index contributed by atoms with van der Waals surface area (Å²) in [7, 11) is 1.80. The van der Waals surface area contributed by atoms with Crippen molar-refractivity contribution in [1.29, 1.82) is 0 Å². The average Bonchev–Trinajstić information content (AvgIpc) is 2.77. The topological polar surface area (TPSA) is 97.4 Å². The Morgan fingerprint density at radius 3 is 2.55 bits per heavy atom. The highest BCUT2D eigenvalue weighted by Crippen LogP contribution is 2.36. The Morgan fingerprint density at radius 1 is 1.14 bits per heavy atom. The van der Waals surface area contributed by atoms with Crippen LogP contribution in [0, 0.1) is 11.8 Å². The summed E-state index contributed by atoms with van der Waals surface area (Å²) in [4.78, 5) is 0. The van der Waals surface area contributed by atoms with Gasteiger partial charge in [-0.05, 0) is 69.6 Å². The molecule has 0 saturated heterocycles. The van der Waals surface area contributed by atoms with Crippen LogP contribution in [0.5, 0.6) is 0 Å².